The van der Waals surface area contributed by atoms with Gasteiger partial charge in [0.15, 0.2) is 11.6 Å². The highest BCUT2D eigenvalue weighted by Gasteiger charge is 2.34. The van der Waals surface area contributed by atoms with Crippen molar-refractivity contribution < 1.29 is 22.0 Å². The van der Waals surface area contributed by atoms with Crippen molar-refractivity contribution in [2.75, 3.05) is 5.32 Å². The van der Waals surface area contributed by atoms with E-state index in [2.05, 4.69) is 10.0 Å². The summed E-state index contributed by atoms with van der Waals surface area (Å²) in [6, 6.07) is 2.78. The summed E-state index contributed by atoms with van der Waals surface area (Å²) in [7, 11) is -2.14. The largest absolute Gasteiger partial charge is 0.342 e. The van der Waals surface area contributed by atoms with Crippen molar-refractivity contribution in [3.63, 3.8) is 0 Å². The maximum Gasteiger partial charge on any atom is 0.272 e. The van der Waals surface area contributed by atoms with E-state index in [1.165, 1.54) is 10.6 Å². The highest BCUT2D eigenvalue weighted by atomic mass is 32.2. The second kappa shape index (κ2) is 6.48. The first-order valence-electron chi connectivity index (χ1n) is 8.08. The van der Waals surface area contributed by atoms with E-state index in [-0.39, 0.29) is 22.3 Å². The first-order valence-corrected chi connectivity index (χ1v) is 9.57. The Morgan fingerprint density at radius 1 is 1.31 bits per heavy atom. The number of aromatic nitrogens is 1. The number of benzene rings is 1. The van der Waals surface area contributed by atoms with Crippen molar-refractivity contribution in [2.45, 2.75) is 37.6 Å². The monoisotopic (exact) mass is 383 g/mol. The van der Waals surface area contributed by atoms with E-state index in [0.717, 1.165) is 12.1 Å². The number of nitrogens with one attached hydrogen (secondary N) is 2. The van der Waals surface area contributed by atoms with Gasteiger partial charge in [-0.3, -0.25) is 4.79 Å². The molecule has 140 valence electrons. The molecule has 1 aromatic carbocycles. The van der Waals surface area contributed by atoms with Gasteiger partial charge in [-0.1, -0.05) is 0 Å². The van der Waals surface area contributed by atoms with Gasteiger partial charge in [-0.15, -0.1) is 0 Å². The number of halogens is 2. The Labute approximate surface area is 150 Å². The molecule has 1 aromatic heterocycles. The second-order valence-corrected chi connectivity index (χ2v) is 8.10. The number of hydrogen-bond acceptors (Lipinski definition) is 3. The van der Waals surface area contributed by atoms with Crippen LogP contribution in [0.1, 0.15) is 35.1 Å². The number of sulfonamides is 1. The lowest BCUT2D eigenvalue weighted by Crippen LogP contribution is -2.31. The third-order valence-corrected chi connectivity index (χ3v) is 6.36. The van der Waals surface area contributed by atoms with Crippen LogP contribution < -0.4 is 10.0 Å². The molecule has 3 rings (SSSR count). The van der Waals surface area contributed by atoms with E-state index in [9.17, 15) is 22.0 Å². The number of amides is 1. The van der Waals surface area contributed by atoms with Crippen molar-refractivity contribution in [3.05, 3.63) is 46.8 Å². The van der Waals surface area contributed by atoms with Gasteiger partial charge in [0, 0.05) is 36.1 Å². The third kappa shape index (κ3) is 3.12. The van der Waals surface area contributed by atoms with Crippen molar-refractivity contribution in [2.24, 2.45) is 7.05 Å². The summed E-state index contributed by atoms with van der Waals surface area (Å²) < 4.78 is 55.7. The molecule has 1 aliphatic rings. The van der Waals surface area contributed by atoms with Crippen LogP contribution in [0.25, 0.3) is 0 Å². The molecule has 26 heavy (non-hydrogen) atoms. The highest BCUT2D eigenvalue weighted by molar-refractivity contribution is 7.89. The van der Waals surface area contributed by atoms with Gasteiger partial charge in [0.05, 0.1) is 0 Å². The van der Waals surface area contributed by atoms with Crippen LogP contribution in [0.2, 0.25) is 0 Å². The fourth-order valence-electron chi connectivity index (χ4n) is 3.23. The fraction of sp³-hybridized carbons (Fsp3) is 0.353. The Morgan fingerprint density at radius 3 is 2.65 bits per heavy atom. The van der Waals surface area contributed by atoms with Gasteiger partial charge >= 0.3 is 0 Å². The minimum absolute atomic E-state index is 0.0875. The van der Waals surface area contributed by atoms with Crippen molar-refractivity contribution in [1.82, 2.24) is 9.29 Å². The van der Waals surface area contributed by atoms with Gasteiger partial charge in [-0.2, -0.15) is 0 Å². The van der Waals surface area contributed by atoms with Gasteiger partial charge in [-0.25, -0.2) is 21.9 Å². The van der Waals surface area contributed by atoms with E-state index in [1.54, 1.807) is 20.9 Å². The molecular weight excluding hydrogens is 364 g/mol. The van der Waals surface area contributed by atoms with Crippen LogP contribution in [0, 0.1) is 18.6 Å². The molecule has 0 unspecified atom stereocenters. The standard InChI is InChI=1S/C17H19F2N3O3S/c1-9-4-6-12-15(22(3)10(2)16(12)26(24,25)21-9)17(23)20-11-5-7-13(18)14(19)8-11/h5,7-9,21H,4,6H2,1-3H3,(H,20,23)/t9-/m0/s1. The van der Waals surface area contributed by atoms with Gasteiger partial charge in [0.1, 0.15) is 10.6 Å². The van der Waals surface area contributed by atoms with Crippen molar-refractivity contribution in [3.8, 4) is 0 Å². The Bertz CT molecular complexity index is 999. The Morgan fingerprint density at radius 2 is 2.00 bits per heavy atom. The van der Waals surface area contributed by atoms with E-state index in [4.69, 9.17) is 0 Å². The molecule has 1 aliphatic heterocycles. The van der Waals surface area contributed by atoms with Crippen LogP contribution in [0.5, 0.6) is 0 Å². The number of rotatable bonds is 2. The molecule has 0 aliphatic carbocycles. The first kappa shape index (κ1) is 18.5. The molecule has 2 heterocycles. The fourth-order valence-corrected chi connectivity index (χ4v) is 5.05. The van der Waals surface area contributed by atoms with Crippen LogP contribution >= 0.6 is 0 Å². The normalized spacial score (nSPS) is 18.9. The smallest absolute Gasteiger partial charge is 0.272 e. The second-order valence-electron chi connectivity index (χ2n) is 6.44. The molecule has 1 amide bonds. The Balaban J connectivity index is 2.06. The maximum atomic E-state index is 13.4. The molecule has 0 saturated heterocycles. The van der Waals surface area contributed by atoms with Gasteiger partial charge < -0.3 is 9.88 Å². The molecule has 0 bridgehead atoms. The molecule has 0 radical (unpaired) electrons. The first-order chi connectivity index (χ1) is 12.1. The molecular formula is C17H19F2N3O3S. The van der Waals surface area contributed by atoms with Crippen LogP contribution in [-0.4, -0.2) is 24.9 Å². The molecule has 0 spiro atoms. The topological polar surface area (TPSA) is 80.2 Å². The SMILES string of the molecule is Cc1c2c(c(C(=O)Nc3ccc(F)c(F)c3)n1C)CC[C@H](C)NS2(=O)=O. The summed E-state index contributed by atoms with van der Waals surface area (Å²) in [5.41, 5.74) is 1.16. The summed E-state index contributed by atoms with van der Waals surface area (Å²) in [6.07, 6.45) is 0.950. The molecule has 0 saturated carbocycles. The number of carbonyl (C=O) groups is 1. The van der Waals surface area contributed by atoms with Gasteiger partial charge in [0.2, 0.25) is 10.0 Å². The van der Waals surface area contributed by atoms with Crippen molar-refractivity contribution >= 4 is 21.6 Å². The summed E-state index contributed by atoms with van der Waals surface area (Å²) in [5.74, 6) is -2.67. The predicted octanol–water partition coefficient (Wildman–Crippen LogP) is 2.48. The average Bonchev–Trinajstić information content (AvgIpc) is 2.73. The minimum atomic E-state index is -3.74. The van der Waals surface area contributed by atoms with Crippen molar-refractivity contribution in [1.29, 1.82) is 0 Å². The van der Waals surface area contributed by atoms with E-state index < -0.39 is 27.6 Å². The van der Waals surface area contributed by atoms with Crippen LogP contribution in [0.4, 0.5) is 14.5 Å². The molecule has 6 nitrogen and oxygen atoms in total. The van der Waals surface area contributed by atoms with E-state index in [0.29, 0.717) is 24.1 Å². The minimum Gasteiger partial charge on any atom is -0.342 e. The molecule has 1 atom stereocenters. The van der Waals surface area contributed by atoms with E-state index in [1.807, 2.05) is 0 Å². The lowest BCUT2D eigenvalue weighted by Gasteiger charge is -2.11. The lowest BCUT2D eigenvalue weighted by atomic mass is 10.1. The van der Waals surface area contributed by atoms with Crippen LogP contribution in [0.3, 0.4) is 0 Å². The molecule has 9 heteroatoms. The number of carbonyl (C=O) groups excluding carboxylic acids is 1. The molecule has 2 N–H and O–H groups in total. The molecule has 2 aromatic rings. The number of hydrogen-bond donors (Lipinski definition) is 2. The zero-order chi connectivity index (χ0) is 19.2. The summed E-state index contributed by atoms with van der Waals surface area (Å²) in [6.45, 7) is 3.39. The maximum absolute atomic E-state index is 13.4. The molecule has 0 fully saturated rings. The number of anilines is 1. The van der Waals surface area contributed by atoms with Crippen LogP contribution in [0.15, 0.2) is 23.1 Å². The van der Waals surface area contributed by atoms with Gasteiger partial charge in [-0.05, 0) is 38.8 Å². The summed E-state index contributed by atoms with van der Waals surface area (Å²) >= 11 is 0. The number of nitrogens with zero attached hydrogens (tertiary/aromatic N) is 1. The zero-order valence-corrected chi connectivity index (χ0v) is 15.4. The predicted molar refractivity (Wildman–Crippen MR) is 92.6 cm³/mol. The summed E-state index contributed by atoms with van der Waals surface area (Å²) in [5, 5.41) is 2.51. The van der Waals surface area contributed by atoms with Crippen LogP contribution in [-0.2, 0) is 23.5 Å². The zero-order valence-electron chi connectivity index (χ0n) is 14.6. The van der Waals surface area contributed by atoms with Gasteiger partial charge in [0.25, 0.3) is 5.91 Å². The Hall–Kier alpha value is -2.26. The van der Waals surface area contributed by atoms with E-state index >= 15 is 0 Å². The average molecular weight is 383 g/mol. The quantitative estimate of drug-likeness (QED) is 0.836. The lowest BCUT2D eigenvalue weighted by molar-refractivity contribution is 0.101. The number of fused-ring (bicyclic) bond motifs is 1. The third-order valence-electron chi connectivity index (χ3n) is 4.57. The summed E-state index contributed by atoms with van der Waals surface area (Å²) in [4.78, 5) is 12.9. The highest BCUT2D eigenvalue weighted by Crippen LogP contribution is 2.31. The Kier molecular flexibility index (Phi) is 4.61.